The Balaban J connectivity index is 1.64. The van der Waals surface area contributed by atoms with Crippen LogP contribution in [0.15, 0.2) is 54.9 Å². The van der Waals surface area contributed by atoms with Gasteiger partial charge in [0.15, 0.2) is 5.65 Å². The predicted molar refractivity (Wildman–Crippen MR) is 112 cm³/mol. The topological polar surface area (TPSA) is 98.7 Å². The van der Waals surface area contributed by atoms with Crippen LogP contribution in [0.5, 0.6) is 0 Å². The van der Waals surface area contributed by atoms with E-state index in [1.54, 1.807) is 6.33 Å². The molecule has 2 aromatic heterocycles. The highest BCUT2D eigenvalue weighted by atomic mass is 16.1. The lowest BCUT2D eigenvalue weighted by molar-refractivity contribution is 0.0951. The Labute approximate surface area is 167 Å². The number of amides is 1. The number of nitrogens with one attached hydrogen (secondary N) is 1. The summed E-state index contributed by atoms with van der Waals surface area (Å²) in [5.41, 5.74) is 11.4. The van der Waals surface area contributed by atoms with Gasteiger partial charge in [0, 0.05) is 17.2 Å². The van der Waals surface area contributed by atoms with Gasteiger partial charge in [0.05, 0.1) is 5.69 Å². The van der Waals surface area contributed by atoms with Crippen molar-refractivity contribution < 1.29 is 4.79 Å². The van der Waals surface area contributed by atoms with E-state index in [1.165, 1.54) is 0 Å². The van der Waals surface area contributed by atoms with Crippen LogP contribution in [-0.2, 0) is 0 Å². The molecule has 4 aromatic rings. The quantitative estimate of drug-likeness (QED) is 0.563. The van der Waals surface area contributed by atoms with E-state index in [4.69, 9.17) is 5.73 Å². The highest BCUT2D eigenvalue weighted by Crippen LogP contribution is 2.28. The van der Waals surface area contributed by atoms with Crippen molar-refractivity contribution in [3.05, 3.63) is 66.0 Å². The van der Waals surface area contributed by atoms with Gasteiger partial charge >= 0.3 is 0 Å². The summed E-state index contributed by atoms with van der Waals surface area (Å²) >= 11 is 0. The maximum absolute atomic E-state index is 12.5. The summed E-state index contributed by atoms with van der Waals surface area (Å²) in [6, 6.07) is 15.7. The molecule has 7 nitrogen and oxygen atoms in total. The van der Waals surface area contributed by atoms with Gasteiger partial charge < -0.3 is 11.1 Å². The third-order valence-corrected chi connectivity index (χ3v) is 5.10. The van der Waals surface area contributed by atoms with Gasteiger partial charge in [-0.2, -0.15) is 4.98 Å². The van der Waals surface area contributed by atoms with Crippen LogP contribution in [-0.4, -0.2) is 31.5 Å². The zero-order valence-corrected chi connectivity index (χ0v) is 16.0. The first-order valence-electron chi connectivity index (χ1n) is 9.58. The smallest absolute Gasteiger partial charge is 0.251 e. The molecule has 0 aliphatic heterocycles. The molecule has 1 fully saturated rings. The van der Waals surface area contributed by atoms with Crippen molar-refractivity contribution in [2.24, 2.45) is 0 Å². The molecule has 1 aliphatic carbocycles. The molecule has 1 amide bonds. The fraction of sp³-hybridized carbons (Fsp3) is 0.182. The van der Waals surface area contributed by atoms with Crippen LogP contribution in [0, 0.1) is 6.92 Å². The van der Waals surface area contributed by atoms with Crippen molar-refractivity contribution in [3.63, 3.8) is 0 Å². The third kappa shape index (κ3) is 3.20. The first-order chi connectivity index (χ1) is 14.1. The van der Waals surface area contributed by atoms with E-state index in [0.29, 0.717) is 28.5 Å². The van der Waals surface area contributed by atoms with E-state index < -0.39 is 0 Å². The van der Waals surface area contributed by atoms with E-state index in [9.17, 15) is 4.79 Å². The minimum absolute atomic E-state index is 0.0581. The second-order valence-electron chi connectivity index (χ2n) is 7.33. The second-order valence-corrected chi connectivity index (χ2v) is 7.33. The Morgan fingerprint density at radius 1 is 1.14 bits per heavy atom. The van der Waals surface area contributed by atoms with E-state index in [1.807, 2.05) is 60.0 Å². The lowest BCUT2D eigenvalue weighted by Crippen LogP contribution is -2.25. The average molecular weight is 384 g/mol. The van der Waals surface area contributed by atoms with Crippen molar-refractivity contribution in [1.82, 2.24) is 24.8 Å². The Hall–Kier alpha value is -3.74. The zero-order valence-electron chi connectivity index (χ0n) is 16.0. The molecule has 1 aliphatic rings. The number of benzene rings is 2. The largest absolute Gasteiger partial charge is 0.368 e. The number of nitrogens with two attached hydrogens (primary N) is 1. The van der Waals surface area contributed by atoms with Gasteiger partial charge in [0.2, 0.25) is 5.95 Å². The lowest BCUT2D eigenvalue weighted by atomic mass is 10.1. The first kappa shape index (κ1) is 17.4. The minimum Gasteiger partial charge on any atom is -0.368 e. The molecular formula is C22H20N6O. The van der Waals surface area contributed by atoms with E-state index >= 15 is 0 Å². The van der Waals surface area contributed by atoms with Gasteiger partial charge in [0.25, 0.3) is 5.91 Å². The molecule has 5 rings (SSSR count). The van der Waals surface area contributed by atoms with Crippen LogP contribution in [0.2, 0.25) is 0 Å². The lowest BCUT2D eigenvalue weighted by Gasteiger charge is -2.11. The van der Waals surface area contributed by atoms with E-state index in [-0.39, 0.29) is 11.9 Å². The molecule has 0 saturated heterocycles. The number of fused-ring (bicyclic) bond motifs is 1. The first-order valence-corrected chi connectivity index (χ1v) is 9.58. The second kappa shape index (κ2) is 6.70. The summed E-state index contributed by atoms with van der Waals surface area (Å²) in [6.45, 7) is 1.99. The summed E-state index contributed by atoms with van der Waals surface area (Å²) in [7, 11) is 0. The molecule has 1 saturated carbocycles. The number of anilines is 1. The maximum Gasteiger partial charge on any atom is 0.251 e. The van der Waals surface area contributed by atoms with Gasteiger partial charge in [0.1, 0.15) is 17.5 Å². The number of hydrogen-bond donors (Lipinski definition) is 2. The molecule has 0 atom stereocenters. The van der Waals surface area contributed by atoms with Crippen molar-refractivity contribution in [2.75, 3.05) is 5.73 Å². The fourth-order valence-electron chi connectivity index (χ4n) is 3.40. The molecule has 144 valence electrons. The number of imidazole rings is 1. The fourth-order valence-corrected chi connectivity index (χ4v) is 3.40. The normalized spacial score (nSPS) is 13.6. The molecule has 7 heteroatoms. The van der Waals surface area contributed by atoms with Crippen molar-refractivity contribution in [1.29, 1.82) is 0 Å². The predicted octanol–water partition coefficient (Wildman–Crippen LogP) is 3.27. The molecule has 2 aromatic carbocycles. The van der Waals surface area contributed by atoms with E-state index in [0.717, 1.165) is 29.7 Å². The van der Waals surface area contributed by atoms with Gasteiger partial charge in [-0.25, -0.2) is 9.97 Å². The summed E-state index contributed by atoms with van der Waals surface area (Å²) in [5.74, 6) is 0.121. The van der Waals surface area contributed by atoms with Crippen LogP contribution < -0.4 is 11.1 Å². The van der Waals surface area contributed by atoms with Crippen molar-refractivity contribution in [2.45, 2.75) is 25.8 Å². The van der Waals surface area contributed by atoms with Crippen molar-refractivity contribution >= 4 is 23.0 Å². The Kier molecular flexibility index (Phi) is 4.01. The molecule has 0 bridgehead atoms. The van der Waals surface area contributed by atoms with Gasteiger partial charge in [-0.05, 0) is 37.5 Å². The Morgan fingerprint density at radius 2 is 1.93 bits per heavy atom. The molecule has 0 unspecified atom stereocenters. The van der Waals surface area contributed by atoms with Crippen LogP contribution in [0.3, 0.4) is 0 Å². The average Bonchev–Trinajstić information content (AvgIpc) is 3.45. The Bertz CT molecular complexity index is 1230. The van der Waals surface area contributed by atoms with Crippen LogP contribution in [0.25, 0.3) is 28.1 Å². The molecule has 2 heterocycles. The number of nitrogen functional groups attached to an aromatic ring is 1. The monoisotopic (exact) mass is 384 g/mol. The summed E-state index contributed by atoms with van der Waals surface area (Å²) in [6.07, 6.45) is 3.81. The zero-order chi connectivity index (χ0) is 20.0. The van der Waals surface area contributed by atoms with E-state index in [2.05, 4.69) is 20.3 Å². The standard InChI is InChI=1S/C22H20N6O/c1-13-7-8-15(21(29)25-16-9-10-16)11-17(13)28-12-24-19-18(14-5-3-2-4-6-14)26-22(23)27-20(19)28/h2-8,11-12,16H,9-10H2,1H3,(H,25,29)(H2,23,26,27). The maximum atomic E-state index is 12.5. The highest BCUT2D eigenvalue weighted by molar-refractivity contribution is 5.95. The van der Waals surface area contributed by atoms with Crippen LogP contribution in [0.4, 0.5) is 5.95 Å². The van der Waals surface area contributed by atoms with Gasteiger partial charge in [-0.3, -0.25) is 9.36 Å². The molecular weight excluding hydrogens is 364 g/mol. The third-order valence-electron chi connectivity index (χ3n) is 5.10. The summed E-state index contributed by atoms with van der Waals surface area (Å²) in [5, 5.41) is 3.03. The number of nitrogens with zero attached hydrogens (tertiary/aromatic N) is 4. The number of rotatable bonds is 4. The Morgan fingerprint density at radius 3 is 2.69 bits per heavy atom. The van der Waals surface area contributed by atoms with Crippen LogP contribution in [0.1, 0.15) is 28.8 Å². The molecule has 0 spiro atoms. The van der Waals surface area contributed by atoms with Crippen LogP contribution >= 0.6 is 0 Å². The molecule has 29 heavy (non-hydrogen) atoms. The number of aryl methyl sites for hydroxylation is 1. The molecule has 3 N–H and O–H groups in total. The van der Waals surface area contributed by atoms with Gasteiger partial charge in [-0.15, -0.1) is 0 Å². The number of carbonyl (C=O) groups excluding carboxylic acids is 1. The van der Waals surface area contributed by atoms with Gasteiger partial charge in [-0.1, -0.05) is 36.4 Å². The van der Waals surface area contributed by atoms with Crippen molar-refractivity contribution in [3.8, 4) is 16.9 Å². The minimum atomic E-state index is -0.0581. The summed E-state index contributed by atoms with van der Waals surface area (Å²) in [4.78, 5) is 25.9. The SMILES string of the molecule is Cc1ccc(C(=O)NC2CC2)cc1-n1cnc2c(-c3ccccc3)nc(N)nc21. The number of aromatic nitrogens is 4. The summed E-state index contributed by atoms with van der Waals surface area (Å²) < 4.78 is 1.86. The molecule has 0 radical (unpaired) electrons. The number of carbonyl (C=O) groups is 1. The highest BCUT2D eigenvalue weighted by Gasteiger charge is 2.24. The number of hydrogen-bond acceptors (Lipinski definition) is 5.